The lowest BCUT2D eigenvalue weighted by atomic mass is 10.1. The normalized spacial score (nSPS) is 10.6. The predicted molar refractivity (Wildman–Crippen MR) is 56.9 cm³/mol. The number of carbonyl (C=O) groups excluding carboxylic acids is 1. The molecule has 0 N–H and O–H groups in total. The number of halogens is 1. The van der Waals surface area contributed by atoms with E-state index in [1.165, 1.54) is 0 Å². The molecule has 1 rings (SSSR count). The minimum absolute atomic E-state index is 0.0182. The fourth-order valence-electron chi connectivity index (χ4n) is 0.961. The van der Waals surface area contributed by atoms with E-state index >= 15 is 0 Å². The molecule has 0 saturated heterocycles. The van der Waals surface area contributed by atoms with Gasteiger partial charge in [0.05, 0.1) is 6.10 Å². The van der Waals surface area contributed by atoms with Crippen LogP contribution in [0.2, 0.25) is 5.02 Å². The molecular formula is C11H13ClO2. The van der Waals surface area contributed by atoms with Gasteiger partial charge in [0.1, 0.15) is 6.61 Å². The van der Waals surface area contributed by atoms with Crippen LogP contribution in [-0.2, 0) is 4.74 Å². The smallest absolute Gasteiger partial charge is 0.188 e. The van der Waals surface area contributed by atoms with Crippen molar-refractivity contribution in [2.24, 2.45) is 0 Å². The van der Waals surface area contributed by atoms with Gasteiger partial charge in [-0.05, 0) is 38.1 Å². The van der Waals surface area contributed by atoms with Gasteiger partial charge in [0, 0.05) is 10.6 Å². The lowest BCUT2D eigenvalue weighted by molar-refractivity contribution is 0.0585. The predicted octanol–water partition coefficient (Wildman–Crippen LogP) is 2.95. The first-order chi connectivity index (χ1) is 6.59. The molecule has 0 fully saturated rings. The number of hydrogen-bond donors (Lipinski definition) is 0. The molecule has 0 atom stereocenters. The zero-order chi connectivity index (χ0) is 10.6. The standard InChI is InChI=1S/C11H13ClO2/c1-8(2)14-7-11(13)9-3-5-10(12)6-4-9/h3-6,8H,7H2,1-2H3. The van der Waals surface area contributed by atoms with E-state index in [4.69, 9.17) is 16.3 Å². The molecule has 2 nitrogen and oxygen atoms in total. The second-order valence-electron chi connectivity index (χ2n) is 3.29. The zero-order valence-electron chi connectivity index (χ0n) is 8.29. The molecule has 0 heterocycles. The zero-order valence-corrected chi connectivity index (χ0v) is 9.04. The van der Waals surface area contributed by atoms with E-state index in [1.807, 2.05) is 13.8 Å². The molecule has 0 saturated carbocycles. The van der Waals surface area contributed by atoms with Crippen molar-refractivity contribution < 1.29 is 9.53 Å². The van der Waals surface area contributed by atoms with E-state index in [1.54, 1.807) is 24.3 Å². The largest absolute Gasteiger partial charge is 0.371 e. The Hall–Kier alpha value is -0.860. The Morgan fingerprint density at radius 1 is 1.36 bits per heavy atom. The summed E-state index contributed by atoms with van der Waals surface area (Å²) in [6.07, 6.45) is 0.0752. The van der Waals surface area contributed by atoms with E-state index in [2.05, 4.69) is 0 Å². The molecule has 14 heavy (non-hydrogen) atoms. The topological polar surface area (TPSA) is 26.3 Å². The highest BCUT2D eigenvalue weighted by Crippen LogP contribution is 2.10. The maximum Gasteiger partial charge on any atom is 0.188 e. The van der Waals surface area contributed by atoms with Crippen LogP contribution in [0.3, 0.4) is 0 Å². The lowest BCUT2D eigenvalue weighted by Crippen LogP contribution is -2.13. The van der Waals surface area contributed by atoms with Crippen LogP contribution in [0.5, 0.6) is 0 Å². The summed E-state index contributed by atoms with van der Waals surface area (Å²) in [7, 11) is 0. The van der Waals surface area contributed by atoms with Crippen molar-refractivity contribution in [2.45, 2.75) is 20.0 Å². The van der Waals surface area contributed by atoms with Gasteiger partial charge in [-0.25, -0.2) is 0 Å². The number of Topliss-reactive ketones (excluding diaryl/α,β-unsaturated/α-hetero) is 1. The molecule has 0 aromatic heterocycles. The van der Waals surface area contributed by atoms with Crippen LogP contribution in [0.25, 0.3) is 0 Å². The van der Waals surface area contributed by atoms with Gasteiger partial charge in [-0.2, -0.15) is 0 Å². The van der Waals surface area contributed by atoms with Gasteiger partial charge in [-0.3, -0.25) is 4.79 Å². The summed E-state index contributed by atoms with van der Waals surface area (Å²) in [5.74, 6) is -0.0182. The second kappa shape index (κ2) is 5.13. The van der Waals surface area contributed by atoms with Crippen molar-refractivity contribution in [3.63, 3.8) is 0 Å². The van der Waals surface area contributed by atoms with Gasteiger partial charge in [0.15, 0.2) is 5.78 Å². The molecule has 0 amide bonds. The summed E-state index contributed by atoms with van der Waals surface area (Å²) in [5, 5.41) is 0.631. The van der Waals surface area contributed by atoms with Gasteiger partial charge < -0.3 is 4.74 Å². The van der Waals surface area contributed by atoms with Crippen LogP contribution in [0.1, 0.15) is 24.2 Å². The molecule has 3 heteroatoms. The van der Waals surface area contributed by atoms with Crippen molar-refractivity contribution in [2.75, 3.05) is 6.61 Å². The van der Waals surface area contributed by atoms with Crippen molar-refractivity contribution in [3.05, 3.63) is 34.9 Å². The lowest BCUT2D eigenvalue weighted by Gasteiger charge is -2.06. The molecule has 1 aromatic carbocycles. The second-order valence-corrected chi connectivity index (χ2v) is 3.73. The summed E-state index contributed by atoms with van der Waals surface area (Å²) in [6, 6.07) is 6.80. The van der Waals surface area contributed by atoms with E-state index in [-0.39, 0.29) is 18.5 Å². The number of carbonyl (C=O) groups is 1. The third kappa shape index (κ3) is 3.48. The number of hydrogen-bond acceptors (Lipinski definition) is 2. The van der Waals surface area contributed by atoms with E-state index in [0.717, 1.165) is 0 Å². The van der Waals surface area contributed by atoms with Crippen molar-refractivity contribution >= 4 is 17.4 Å². The maximum absolute atomic E-state index is 11.5. The summed E-state index contributed by atoms with van der Waals surface area (Å²) < 4.78 is 5.21. The minimum atomic E-state index is -0.0182. The molecule has 0 aliphatic rings. The van der Waals surface area contributed by atoms with Gasteiger partial charge in [0.2, 0.25) is 0 Å². The average Bonchev–Trinajstić information content (AvgIpc) is 2.15. The van der Waals surface area contributed by atoms with E-state index in [9.17, 15) is 4.79 Å². The highest BCUT2D eigenvalue weighted by atomic mass is 35.5. The first kappa shape index (κ1) is 11.2. The fourth-order valence-corrected chi connectivity index (χ4v) is 1.09. The molecule has 0 aliphatic heterocycles. The summed E-state index contributed by atoms with van der Waals surface area (Å²) in [4.78, 5) is 11.5. The van der Waals surface area contributed by atoms with Crippen LogP contribution < -0.4 is 0 Å². The Kier molecular flexibility index (Phi) is 4.11. The monoisotopic (exact) mass is 212 g/mol. The van der Waals surface area contributed by atoms with Gasteiger partial charge in [-0.1, -0.05) is 11.6 Å². The quantitative estimate of drug-likeness (QED) is 0.718. The number of ketones is 1. The van der Waals surface area contributed by atoms with Crippen LogP contribution in [0.4, 0.5) is 0 Å². The average molecular weight is 213 g/mol. The van der Waals surface area contributed by atoms with Crippen LogP contribution >= 0.6 is 11.6 Å². The SMILES string of the molecule is CC(C)OCC(=O)c1ccc(Cl)cc1. The number of rotatable bonds is 4. The molecular weight excluding hydrogens is 200 g/mol. The molecule has 0 spiro atoms. The molecule has 0 unspecified atom stereocenters. The Bertz CT molecular complexity index is 304. The number of benzene rings is 1. The molecule has 0 aliphatic carbocycles. The van der Waals surface area contributed by atoms with Crippen LogP contribution in [0, 0.1) is 0 Å². The Balaban J connectivity index is 2.57. The van der Waals surface area contributed by atoms with Gasteiger partial charge in [-0.15, -0.1) is 0 Å². The van der Waals surface area contributed by atoms with E-state index < -0.39 is 0 Å². The first-order valence-electron chi connectivity index (χ1n) is 4.50. The minimum Gasteiger partial charge on any atom is -0.371 e. The third-order valence-electron chi connectivity index (χ3n) is 1.71. The summed E-state index contributed by atoms with van der Waals surface area (Å²) in [5.41, 5.74) is 0.634. The Morgan fingerprint density at radius 3 is 2.43 bits per heavy atom. The molecule has 0 radical (unpaired) electrons. The van der Waals surface area contributed by atoms with Crippen molar-refractivity contribution in [1.82, 2.24) is 0 Å². The molecule has 1 aromatic rings. The van der Waals surface area contributed by atoms with E-state index in [0.29, 0.717) is 10.6 Å². The van der Waals surface area contributed by atoms with Crippen molar-refractivity contribution in [1.29, 1.82) is 0 Å². The highest BCUT2D eigenvalue weighted by molar-refractivity contribution is 6.30. The summed E-state index contributed by atoms with van der Waals surface area (Å²) in [6.45, 7) is 3.92. The van der Waals surface area contributed by atoms with Crippen LogP contribution in [-0.4, -0.2) is 18.5 Å². The number of ether oxygens (including phenoxy) is 1. The Labute approximate surface area is 88.8 Å². The first-order valence-corrected chi connectivity index (χ1v) is 4.88. The van der Waals surface area contributed by atoms with Gasteiger partial charge >= 0.3 is 0 Å². The molecule has 0 bridgehead atoms. The highest BCUT2D eigenvalue weighted by Gasteiger charge is 2.06. The maximum atomic E-state index is 11.5. The molecule has 76 valence electrons. The Morgan fingerprint density at radius 2 is 1.93 bits per heavy atom. The fraction of sp³-hybridized carbons (Fsp3) is 0.364. The van der Waals surface area contributed by atoms with Gasteiger partial charge in [0.25, 0.3) is 0 Å². The van der Waals surface area contributed by atoms with Crippen LogP contribution in [0.15, 0.2) is 24.3 Å². The summed E-state index contributed by atoms with van der Waals surface area (Å²) >= 11 is 5.70. The third-order valence-corrected chi connectivity index (χ3v) is 1.97. The van der Waals surface area contributed by atoms with Crippen molar-refractivity contribution in [3.8, 4) is 0 Å².